The molecule has 2 aromatic heterocycles. The maximum atomic E-state index is 13.2. The number of aromatic nitrogens is 4. The Morgan fingerprint density at radius 3 is 2.70 bits per heavy atom. The van der Waals surface area contributed by atoms with Gasteiger partial charge in [-0.05, 0) is 49.2 Å². The molecule has 4 aromatic rings. The molecule has 166 valence electrons. The number of carbonyl (C=O) groups excluding carboxylic acids is 1. The summed E-state index contributed by atoms with van der Waals surface area (Å²) in [6.45, 7) is 0.160. The topological polar surface area (TPSA) is 120 Å². The van der Waals surface area contributed by atoms with Crippen molar-refractivity contribution in [1.82, 2.24) is 24.9 Å². The van der Waals surface area contributed by atoms with Crippen molar-refractivity contribution in [3.63, 3.8) is 0 Å². The third-order valence-electron chi connectivity index (χ3n) is 5.23. The number of benzene rings is 2. The van der Waals surface area contributed by atoms with Gasteiger partial charge in [-0.25, -0.2) is 4.68 Å². The lowest BCUT2D eigenvalue weighted by atomic mass is 10.2. The second-order valence-corrected chi connectivity index (χ2v) is 8.03. The van der Waals surface area contributed by atoms with Gasteiger partial charge in [0.15, 0.2) is 5.69 Å². The van der Waals surface area contributed by atoms with Gasteiger partial charge in [0, 0.05) is 35.0 Å². The van der Waals surface area contributed by atoms with Crippen LogP contribution in [0.25, 0.3) is 17.1 Å². The minimum absolute atomic E-state index is 0.0524. The Morgan fingerprint density at radius 2 is 1.97 bits per heavy atom. The van der Waals surface area contributed by atoms with Gasteiger partial charge < -0.3 is 9.32 Å². The number of hydrogen-bond donors (Lipinski definition) is 0. The molecule has 0 radical (unpaired) electrons. The molecule has 0 aliphatic heterocycles. The van der Waals surface area contributed by atoms with E-state index in [9.17, 15) is 14.9 Å². The fourth-order valence-electron chi connectivity index (χ4n) is 3.40. The van der Waals surface area contributed by atoms with Crippen molar-refractivity contribution >= 4 is 23.2 Å². The van der Waals surface area contributed by atoms with Crippen molar-refractivity contribution in [2.45, 2.75) is 25.4 Å². The summed E-state index contributed by atoms with van der Waals surface area (Å²) in [4.78, 5) is 25.4. The zero-order chi connectivity index (χ0) is 22.9. The van der Waals surface area contributed by atoms with E-state index < -0.39 is 4.92 Å². The first-order chi connectivity index (χ1) is 16.0. The van der Waals surface area contributed by atoms with Crippen LogP contribution in [-0.4, -0.2) is 41.8 Å². The molecule has 1 aliphatic rings. The minimum atomic E-state index is -0.476. The standard InChI is InChI=1S/C22H17ClN6O4/c23-15-6-4-14(5-7-15)21-25-24-20(33-21)13-27(16-8-9-16)22(30)19-10-11-28(26-19)17-2-1-3-18(12-17)29(31)32/h1-7,10-12,16H,8-9,13H2. The van der Waals surface area contributed by atoms with Crippen molar-refractivity contribution in [3.8, 4) is 17.1 Å². The van der Waals surface area contributed by atoms with E-state index in [4.69, 9.17) is 16.0 Å². The highest BCUT2D eigenvalue weighted by molar-refractivity contribution is 6.30. The highest BCUT2D eigenvalue weighted by atomic mass is 35.5. The van der Waals surface area contributed by atoms with E-state index in [0.29, 0.717) is 22.5 Å². The molecule has 1 fully saturated rings. The maximum Gasteiger partial charge on any atom is 0.275 e. The van der Waals surface area contributed by atoms with Gasteiger partial charge in [0.25, 0.3) is 11.6 Å². The first-order valence-corrected chi connectivity index (χ1v) is 10.6. The molecule has 2 heterocycles. The van der Waals surface area contributed by atoms with Crippen molar-refractivity contribution in [1.29, 1.82) is 0 Å². The van der Waals surface area contributed by atoms with E-state index in [1.54, 1.807) is 53.6 Å². The summed E-state index contributed by atoms with van der Waals surface area (Å²) >= 11 is 5.92. The Balaban J connectivity index is 1.35. The van der Waals surface area contributed by atoms with E-state index in [2.05, 4.69) is 15.3 Å². The third-order valence-corrected chi connectivity index (χ3v) is 5.48. The molecular formula is C22H17ClN6O4. The van der Waals surface area contributed by atoms with Gasteiger partial charge in [-0.2, -0.15) is 5.10 Å². The molecule has 1 amide bonds. The zero-order valence-corrected chi connectivity index (χ0v) is 17.9. The summed E-state index contributed by atoms with van der Waals surface area (Å²) < 4.78 is 7.21. The van der Waals surface area contributed by atoms with Crippen molar-refractivity contribution in [3.05, 3.63) is 87.5 Å². The molecule has 5 rings (SSSR count). The van der Waals surface area contributed by atoms with Gasteiger partial charge >= 0.3 is 0 Å². The summed E-state index contributed by atoms with van der Waals surface area (Å²) in [6.07, 6.45) is 3.37. The number of hydrogen-bond acceptors (Lipinski definition) is 7. The van der Waals surface area contributed by atoms with Crippen LogP contribution in [-0.2, 0) is 6.54 Å². The molecule has 10 nitrogen and oxygen atoms in total. The Hall–Kier alpha value is -4.05. The summed E-state index contributed by atoms with van der Waals surface area (Å²) in [7, 11) is 0. The van der Waals surface area contributed by atoms with Crippen molar-refractivity contribution in [2.75, 3.05) is 0 Å². The van der Waals surface area contributed by atoms with Gasteiger partial charge in [0.2, 0.25) is 11.8 Å². The number of nitro benzene ring substituents is 1. The highest BCUT2D eigenvalue weighted by Gasteiger charge is 2.35. The van der Waals surface area contributed by atoms with Crippen molar-refractivity contribution in [2.24, 2.45) is 0 Å². The number of rotatable bonds is 7. The summed E-state index contributed by atoms with van der Waals surface area (Å²) in [5.41, 5.74) is 1.40. The molecule has 1 aliphatic carbocycles. The quantitative estimate of drug-likeness (QED) is 0.295. The van der Waals surface area contributed by atoms with Crippen LogP contribution in [0, 0.1) is 10.1 Å². The van der Waals surface area contributed by atoms with Gasteiger partial charge in [0.05, 0.1) is 17.2 Å². The number of amides is 1. The summed E-state index contributed by atoms with van der Waals surface area (Å²) in [5, 5.41) is 24.1. The largest absolute Gasteiger partial charge is 0.419 e. The van der Waals surface area contributed by atoms with Crippen LogP contribution in [0.4, 0.5) is 5.69 Å². The summed E-state index contributed by atoms with van der Waals surface area (Å²) in [6, 6.07) is 14.7. The second kappa shape index (κ2) is 8.47. The molecule has 0 unspecified atom stereocenters. The average molecular weight is 465 g/mol. The molecule has 1 saturated carbocycles. The van der Waals surface area contributed by atoms with Crippen LogP contribution >= 0.6 is 11.6 Å². The molecule has 0 saturated heterocycles. The van der Waals surface area contributed by atoms with E-state index in [1.165, 1.54) is 16.8 Å². The summed E-state index contributed by atoms with van der Waals surface area (Å²) in [5.74, 6) is 0.394. The van der Waals surface area contributed by atoms with Gasteiger partial charge in [-0.1, -0.05) is 17.7 Å². The van der Waals surface area contributed by atoms with E-state index in [1.807, 2.05) is 0 Å². The lowest BCUT2D eigenvalue weighted by molar-refractivity contribution is -0.384. The van der Waals surface area contributed by atoms with Crippen LogP contribution in [0.5, 0.6) is 0 Å². The Labute approximate surface area is 192 Å². The normalized spacial score (nSPS) is 13.1. The number of nitro groups is 1. The third kappa shape index (κ3) is 4.46. The Kier molecular flexibility index (Phi) is 5.35. The fraction of sp³-hybridized carbons (Fsp3) is 0.182. The van der Waals surface area contributed by atoms with Crippen LogP contribution < -0.4 is 0 Å². The fourth-order valence-corrected chi connectivity index (χ4v) is 3.53. The molecule has 0 spiro atoms. The van der Waals surface area contributed by atoms with Gasteiger partial charge in [-0.15, -0.1) is 10.2 Å². The first kappa shape index (κ1) is 20.8. The monoisotopic (exact) mass is 464 g/mol. The number of non-ortho nitro benzene ring substituents is 1. The predicted molar refractivity (Wildman–Crippen MR) is 118 cm³/mol. The number of halogens is 1. The lowest BCUT2D eigenvalue weighted by Crippen LogP contribution is -2.33. The molecule has 0 N–H and O–H groups in total. The maximum absolute atomic E-state index is 13.2. The van der Waals surface area contributed by atoms with Crippen LogP contribution in [0.1, 0.15) is 29.2 Å². The Bertz CT molecular complexity index is 1330. The molecular weight excluding hydrogens is 448 g/mol. The smallest absolute Gasteiger partial charge is 0.275 e. The molecule has 11 heteroatoms. The lowest BCUT2D eigenvalue weighted by Gasteiger charge is -2.19. The number of carbonyl (C=O) groups is 1. The van der Waals surface area contributed by atoms with E-state index >= 15 is 0 Å². The highest BCUT2D eigenvalue weighted by Crippen LogP contribution is 2.30. The molecule has 0 atom stereocenters. The SMILES string of the molecule is O=C(c1ccn(-c2cccc([N+](=O)[O-])c2)n1)N(Cc1nnc(-c2ccc(Cl)cc2)o1)C1CC1. The number of nitrogens with zero attached hydrogens (tertiary/aromatic N) is 6. The molecule has 33 heavy (non-hydrogen) atoms. The molecule has 0 bridgehead atoms. The average Bonchev–Trinajstić information content (AvgIpc) is 3.35. The van der Waals surface area contributed by atoms with E-state index in [-0.39, 0.29) is 29.9 Å². The Morgan fingerprint density at radius 1 is 1.18 bits per heavy atom. The van der Waals surface area contributed by atoms with Crippen molar-refractivity contribution < 1.29 is 14.1 Å². The van der Waals surface area contributed by atoms with E-state index in [0.717, 1.165) is 18.4 Å². The second-order valence-electron chi connectivity index (χ2n) is 7.59. The van der Waals surface area contributed by atoms with Crippen LogP contribution in [0.2, 0.25) is 5.02 Å². The zero-order valence-electron chi connectivity index (χ0n) is 17.2. The van der Waals surface area contributed by atoms with Gasteiger partial charge in [0.1, 0.15) is 0 Å². The molecule has 2 aromatic carbocycles. The minimum Gasteiger partial charge on any atom is -0.419 e. The predicted octanol–water partition coefficient (Wildman–Crippen LogP) is 4.29. The first-order valence-electron chi connectivity index (χ1n) is 10.2. The van der Waals surface area contributed by atoms with Crippen LogP contribution in [0.15, 0.2) is 65.2 Å². The van der Waals surface area contributed by atoms with Crippen LogP contribution in [0.3, 0.4) is 0 Å². The van der Waals surface area contributed by atoms with Gasteiger partial charge in [-0.3, -0.25) is 14.9 Å².